The fraction of sp³-hybridized carbons (Fsp3) is 0.389. The van der Waals surface area contributed by atoms with E-state index in [0.717, 1.165) is 10.4 Å². The Hall–Kier alpha value is -2.19. The molecule has 0 fully saturated rings. The normalized spacial score (nSPS) is 12.3. The minimum Gasteiger partial charge on any atom is -0.493 e. The highest BCUT2D eigenvalue weighted by molar-refractivity contribution is 7.09. The monoisotopic (exact) mass is 384 g/mol. The molecule has 1 unspecified atom stereocenters. The molecular weight excluding hydrogens is 362 g/mol. The Bertz CT molecular complexity index is 710. The summed E-state index contributed by atoms with van der Waals surface area (Å²) in [6.07, 6.45) is 0. The van der Waals surface area contributed by atoms with E-state index in [0.29, 0.717) is 13.1 Å². The van der Waals surface area contributed by atoms with Crippen molar-refractivity contribution in [1.29, 1.82) is 0 Å². The van der Waals surface area contributed by atoms with Gasteiger partial charge in [0.2, 0.25) is 5.91 Å². The smallest absolute Gasteiger partial charge is 0.387 e. The van der Waals surface area contributed by atoms with Crippen molar-refractivity contribution in [2.24, 2.45) is 0 Å². The molecule has 1 heterocycles. The van der Waals surface area contributed by atoms with Gasteiger partial charge in [-0.05, 0) is 43.1 Å². The Labute approximate surface area is 155 Å². The number of nitrogens with zero attached hydrogens (tertiary/aromatic N) is 1. The first kappa shape index (κ1) is 20.1. The van der Waals surface area contributed by atoms with E-state index in [9.17, 15) is 13.6 Å². The van der Waals surface area contributed by atoms with Gasteiger partial charge in [0.05, 0.1) is 19.7 Å². The number of nitrogens with one attached hydrogen (secondary N) is 1. The van der Waals surface area contributed by atoms with Crippen molar-refractivity contribution in [3.8, 4) is 11.5 Å². The summed E-state index contributed by atoms with van der Waals surface area (Å²) < 4.78 is 34.3. The van der Waals surface area contributed by atoms with Crippen LogP contribution in [0.4, 0.5) is 8.78 Å². The number of ether oxygens (including phenoxy) is 2. The number of thiophene rings is 1. The van der Waals surface area contributed by atoms with Gasteiger partial charge in [-0.3, -0.25) is 9.69 Å². The van der Waals surface area contributed by atoms with Crippen molar-refractivity contribution in [3.05, 3.63) is 46.2 Å². The molecule has 0 aliphatic carbocycles. The second-order valence-electron chi connectivity index (χ2n) is 5.75. The SMILES string of the molecule is COc1cc(CN(C)C(C)C(=O)NCc2cccs2)ccc1OC(F)F. The number of alkyl halides is 2. The molecule has 1 aromatic heterocycles. The molecule has 0 aliphatic rings. The number of carbonyl (C=O) groups excluding carboxylic acids is 1. The summed E-state index contributed by atoms with van der Waals surface area (Å²) in [6.45, 7) is -0.138. The van der Waals surface area contributed by atoms with E-state index in [1.807, 2.05) is 36.4 Å². The number of carbonyl (C=O) groups is 1. The zero-order chi connectivity index (χ0) is 19.1. The summed E-state index contributed by atoms with van der Waals surface area (Å²) in [5.74, 6) is 0.132. The Morgan fingerprint density at radius 1 is 1.31 bits per heavy atom. The van der Waals surface area contributed by atoms with Gasteiger partial charge in [0.15, 0.2) is 11.5 Å². The first-order valence-electron chi connectivity index (χ1n) is 8.02. The molecular formula is C18H22F2N2O3S. The van der Waals surface area contributed by atoms with E-state index in [1.54, 1.807) is 23.5 Å². The molecule has 5 nitrogen and oxygen atoms in total. The standard InChI is InChI=1S/C18H22F2N2O3S/c1-12(17(23)21-10-14-5-4-8-26-14)22(2)11-13-6-7-15(25-18(19)20)16(9-13)24-3/h4-9,12,18H,10-11H2,1-3H3,(H,21,23). The third-order valence-corrected chi connectivity index (χ3v) is 4.81. The molecule has 0 aliphatic heterocycles. The highest BCUT2D eigenvalue weighted by Gasteiger charge is 2.19. The fourth-order valence-electron chi connectivity index (χ4n) is 2.36. The number of hydrogen-bond donors (Lipinski definition) is 1. The maximum Gasteiger partial charge on any atom is 0.387 e. The number of likely N-dealkylation sites (N-methyl/N-ethyl adjacent to an activating group) is 1. The first-order valence-corrected chi connectivity index (χ1v) is 8.90. The maximum absolute atomic E-state index is 12.4. The van der Waals surface area contributed by atoms with Crippen molar-refractivity contribution in [1.82, 2.24) is 10.2 Å². The van der Waals surface area contributed by atoms with Crippen LogP contribution in [0.15, 0.2) is 35.7 Å². The fourth-order valence-corrected chi connectivity index (χ4v) is 3.01. The Kier molecular flexibility index (Phi) is 7.35. The third kappa shape index (κ3) is 5.67. The highest BCUT2D eigenvalue weighted by atomic mass is 32.1. The van der Waals surface area contributed by atoms with Gasteiger partial charge >= 0.3 is 6.61 Å². The summed E-state index contributed by atoms with van der Waals surface area (Å²) in [6, 6.07) is 8.30. The molecule has 2 rings (SSSR count). The molecule has 0 spiro atoms. The number of rotatable bonds is 9. The number of amides is 1. The molecule has 1 amide bonds. The largest absolute Gasteiger partial charge is 0.493 e. The number of benzene rings is 1. The first-order chi connectivity index (χ1) is 12.4. The van der Waals surface area contributed by atoms with E-state index >= 15 is 0 Å². The zero-order valence-electron chi connectivity index (χ0n) is 14.9. The average molecular weight is 384 g/mol. The van der Waals surface area contributed by atoms with Gasteiger partial charge in [-0.15, -0.1) is 11.3 Å². The van der Waals surface area contributed by atoms with Crippen LogP contribution >= 0.6 is 11.3 Å². The Morgan fingerprint density at radius 3 is 2.69 bits per heavy atom. The summed E-state index contributed by atoms with van der Waals surface area (Å²) in [7, 11) is 3.22. The van der Waals surface area contributed by atoms with Crippen molar-refractivity contribution in [2.75, 3.05) is 14.2 Å². The molecule has 1 aromatic carbocycles. The van der Waals surface area contributed by atoms with Crippen LogP contribution in [0.25, 0.3) is 0 Å². The van der Waals surface area contributed by atoms with Gasteiger partial charge in [-0.2, -0.15) is 8.78 Å². The lowest BCUT2D eigenvalue weighted by atomic mass is 10.1. The van der Waals surface area contributed by atoms with Crippen LogP contribution in [-0.2, 0) is 17.9 Å². The summed E-state index contributed by atoms with van der Waals surface area (Å²) in [5, 5.41) is 4.87. The predicted octanol–water partition coefficient (Wildman–Crippen LogP) is 3.49. The van der Waals surface area contributed by atoms with Crippen molar-refractivity contribution in [2.45, 2.75) is 32.7 Å². The lowest BCUT2D eigenvalue weighted by Crippen LogP contribution is -2.42. The topological polar surface area (TPSA) is 50.8 Å². The Morgan fingerprint density at radius 2 is 2.08 bits per heavy atom. The summed E-state index contributed by atoms with van der Waals surface area (Å²) in [4.78, 5) is 15.2. The van der Waals surface area contributed by atoms with E-state index in [2.05, 4.69) is 10.1 Å². The number of methoxy groups -OCH3 is 1. The molecule has 8 heteroatoms. The average Bonchev–Trinajstić information content (AvgIpc) is 3.13. The zero-order valence-corrected chi connectivity index (χ0v) is 15.7. The van der Waals surface area contributed by atoms with Crippen LogP contribution < -0.4 is 14.8 Å². The highest BCUT2D eigenvalue weighted by Crippen LogP contribution is 2.29. The molecule has 0 bridgehead atoms. The molecule has 0 saturated heterocycles. The van der Waals surface area contributed by atoms with E-state index in [4.69, 9.17) is 4.74 Å². The summed E-state index contributed by atoms with van der Waals surface area (Å²) >= 11 is 1.59. The van der Waals surface area contributed by atoms with Gasteiger partial charge < -0.3 is 14.8 Å². The predicted molar refractivity (Wildman–Crippen MR) is 96.7 cm³/mol. The van der Waals surface area contributed by atoms with Gasteiger partial charge in [-0.25, -0.2) is 0 Å². The maximum atomic E-state index is 12.4. The number of halogens is 2. The molecule has 142 valence electrons. The molecule has 26 heavy (non-hydrogen) atoms. The van der Waals surface area contributed by atoms with E-state index in [-0.39, 0.29) is 23.4 Å². The molecule has 1 atom stereocenters. The van der Waals surface area contributed by atoms with Gasteiger partial charge in [-0.1, -0.05) is 12.1 Å². The second kappa shape index (κ2) is 9.49. The summed E-state index contributed by atoms with van der Waals surface area (Å²) in [5.41, 5.74) is 0.823. The van der Waals surface area contributed by atoms with Crippen LogP contribution in [0.5, 0.6) is 11.5 Å². The molecule has 1 N–H and O–H groups in total. The van der Waals surface area contributed by atoms with Crippen molar-refractivity contribution < 1.29 is 23.0 Å². The molecule has 0 radical (unpaired) electrons. The van der Waals surface area contributed by atoms with Crippen molar-refractivity contribution >= 4 is 17.2 Å². The lowest BCUT2D eigenvalue weighted by Gasteiger charge is -2.24. The van der Waals surface area contributed by atoms with E-state index in [1.165, 1.54) is 13.2 Å². The van der Waals surface area contributed by atoms with Crippen LogP contribution in [0, 0.1) is 0 Å². The quantitative estimate of drug-likeness (QED) is 0.719. The van der Waals surface area contributed by atoms with Crippen LogP contribution in [0.1, 0.15) is 17.4 Å². The minimum absolute atomic E-state index is 0.0179. The third-order valence-electron chi connectivity index (χ3n) is 3.93. The van der Waals surface area contributed by atoms with Gasteiger partial charge in [0.25, 0.3) is 0 Å². The second-order valence-corrected chi connectivity index (χ2v) is 6.78. The van der Waals surface area contributed by atoms with Crippen LogP contribution in [0.2, 0.25) is 0 Å². The van der Waals surface area contributed by atoms with Gasteiger partial charge in [0.1, 0.15) is 0 Å². The minimum atomic E-state index is -2.91. The van der Waals surface area contributed by atoms with Crippen molar-refractivity contribution in [3.63, 3.8) is 0 Å². The van der Waals surface area contributed by atoms with Crippen LogP contribution in [0.3, 0.4) is 0 Å². The van der Waals surface area contributed by atoms with Gasteiger partial charge in [0, 0.05) is 11.4 Å². The number of hydrogen-bond acceptors (Lipinski definition) is 5. The van der Waals surface area contributed by atoms with E-state index < -0.39 is 6.61 Å². The Balaban J connectivity index is 1.94. The molecule has 0 saturated carbocycles. The lowest BCUT2D eigenvalue weighted by molar-refractivity contribution is -0.125. The molecule has 2 aromatic rings. The van der Waals surface area contributed by atoms with Crippen LogP contribution in [-0.4, -0.2) is 37.6 Å².